The van der Waals surface area contributed by atoms with E-state index in [1.165, 1.54) is 50.7 Å². The zero-order chi connectivity index (χ0) is 31.3. The second-order valence-corrected chi connectivity index (χ2v) is 12.3. The summed E-state index contributed by atoms with van der Waals surface area (Å²) in [6.07, 6.45) is 0.390. The van der Waals surface area contributed by atoms with Gasteiger partial charge in [0.2, 0.25) is 0 Å². The maximum Gasteiger partial charge on any atom is 0.306 e. The van der Waals surface area contributed by atoms with E-state index < -0.39 is 23.8 Å². The fraction of sp³-hybridized carbons (Fsp3) is 0.355. The van der Waals surface area contributed by atoms with Crippen LogP contribution in [-0.4, -0.2) is 61.2 Å². The fourth-order valence-corrected chi connectivity index (χ4v) is 6.31. The molecule has 2 aromatic heterocycles. The van der Waals surface area contributed by atoms with Crippen molar-refractivity contribution < 1.29 is 48.3 Å². The van der Waals surface area contributed by atoms with Gasteiger partial charge in [0.25, 0.3) is 0 Å². The van der Waals surface area contributed by atoms with E-state index in [0.717, 1.165) is 20.2 Å². The highest BCUT2D eigenvalue weighted by Crippen LogP contribution is 2.39. The Morgan fingerprint density at radius 3 is 1.40 bits per heavy atom. The van der Waals surface area contributed by atoms with Crippen LogP contribution in [0.3, 0.4) is 0 Å². The molecule has 0 fully saturated rings. The Balaban J connectivity index is 1.38. The molecule has 0 saturated carbocycles. The number of hydrogen-bond acceptors (Lipinski definition) is 10. The van der Waals surface area contributed by atoms with E-state index in [0.29, 0.717) is 52.4 Å². The number of ketones is 2. The van der Waals surface area contributed by atoms with Crippen molar-refractivity contribution in [3.8, 4) is 23.0 Å². The Labute approximate surface area is 255 Å². The zero-order valence-corrected chi connectivity index (χ0v) is 25.8. The molecule has 2 heterocycles. The summed E-state index contributed by atoms with van der Waals surface area (Å²) in [5.41, 5.74) is 0. The van der Waals surface area contributed by atoms with Gasteiger partial charge in [0.05, 0.1) is 49.0 Å². The van der Waals surface area contributed by atoms with Crippen LogP contribution >= 0.6 is 22.7 Å². The number of aliphatic carboxylic acids is 2. The van der Waals surface area contributed by atoms with Gasteiger partial charge < -0.3 is 29.2 Å². The monoisotopic (exact) mass is 628 g/mol. The number of methoxy groups -OCH3 is 2. The highest BCUT2D eigenvalue weighted by molar-refractivity contribution is 7.21. The van der Waals surface area contributed by atoms with Crippen molar-refractivity contribution in [1.82, 2.24) is 0 Å². The summed E-state index contributed by atoms with van der Waals surface area (Å²) >= 11 is 2.57. The molecule has 43 heavy (non-hydrogen) atoms. The second-order valence-electron chi connectivity index (χ2n) is 10.1. The molecular weight excluding hydrogens is 596 g/mol. The number of thiophene rings is 2. The number of hydrogen-bond donors (Lipinski definition) is 2. The van der Waals surface area contributed by atoms with Crippen LogP contribution in [0.5, 0.6) is 23.0 Å². The lowest BCUT2D eigenvalue weighted by Gasteiger charge is -2.13. The average molecular weight is 629 g/mol. The van der Waals surface area contributed by atoms with Crippen molar-refractivity contribution >= 4 is 66.4 Å². The maximum absolute atomic E-state index is 12.6. The van der Waals surface area contributed by atoms with Crippen molar-refractivity contribution in [3.05, 3.63) is 46.2 Å². The fourth-order valence-electron chi connectivity index (χ4n) is 4.27. The van der Waals surface area contributed by atoms with Gasteiger partial charge in [0.15, 0.2) is 34.6 Å². The number of carboxylic acid groups (broad SMARTS) is 2. The molecule has 2 aromatic carbocycles. The van der Waals surface area contributed by atoms with Crippen molar-refractivity contribution in [2.45, 2.75) is 33.1 Å². The third-order valence-corrected chi connectivity index (χ3v) is 9.06. The molecule has 0 spiro atoms. The first-order valence-corrected chi connectivity index (χ1v) is 15.1. The van der Waals surface area contributed by atoms with Gasteiger partial charge in [-0.3, -0.25) is 19.2 Å². The largest absolute Gasteiger partial charge is 0.493 e. The van der Waals surface area contributed by atoms with Crippen LogP contribution in [0.25, 0.3) is 20.2 Å². The van der Waals surface area contributed by atoms with E-state index in [9.17, 15) is 19.2 Å². The highest BCUT2D eigenvalue weighted by Gasteiger charge is 2.21. The number of ether oxygens (including phenoxy) is 4. The molecule has 0 radical (unpaired) electrons. The van der Waals surface area contributed by atoms with Crippen LogP contribution < -0.4 is 18.9 Å². The van der Waals surface area contributed by atoms with Crippen molar-refractivity contribution in [3.63, 3.8) is 0 Å². The number of carbonyl (C=O) groups is 4. The molecule has 0 aliphatic carbocycles. The lowest BCUT2D eigenvalue weighted by atomic mass is 10.0. The highest BCUT2D eigenvalue weighted by atomic mass is 32.1. The third kappa shape index (κ3) is 7.63. The van der Waals surface area contributed by atoms with Crippen LogP contribution in [0, 0.1) is 11.8 Å². The molecule has 0 aliphatic rings. The number of Topliss-reactive ketones (excluding diaryl/α,β-unsaturated/α-hetero) is 2. The molecule has 0 unspecified atom stereocenters. The molecular formula is C31H32O10S2. The van der Waals surface area contributed by atoms with Gasteiger partial charge in [-0.15, -0.1) is 22.7 Å². The SMILES string of the molecule is COc1cc2cc(C(=O)C[C@H](C)C(=O)O)sc2cc1OCCCOc1cc2sc(C(=O)C[C@H](C)C(=O)O)cc2cc1OC. The molecule has 0 bridgehead atoms. The Kier molecular flexibility index (Phi) is 10.3. The lowest BCUT2D eigenvalue weighted by Crippen LogP contribution is -2.13. The molecule has 10 nitrogen and oxygen atoms in total. The van der Waals surface area contributed by atoms with E-state index in [-0.39, 0.29) is 24.4 Å². The Morgan fingerprint density at radius 2 is 1.05 bits per heavy atom. The quantitative estimate of drug-likeness (QED) is 0.103. The summed E-state index contributed by atoms with van der Waals surface area (Å²) in [5.74, 6) is -1.93. The van der Waals surface area contributed by atoms with Gasteiger partial charge in [0.1, 0.15) is 0 Å². The van der Waals surface area contributed by atoms with Crippen molar-refractivity contribution in [2.75, 3.05) is 27.4 Å². The normalized spacial score (nSPS) is 12.6. The molecule has 0 aliphatic heterocycles. The molecule has 12 heteroatoms. The van der Waals surface area contributed by atoms with E-state index in [1.54, 1.807) is 36.4 Å². The van der Waals surface area contributed by atoms with E-state index in [1.807, 2.05) is 0 Å². The molecule has 4 rings (SSSR count). The lowest BCUT2D eigenvalue weighted by molar-refractivity contribution is -0.141. The summed E-state index contributed by atoms with van der Waals surface area (Å²) in [4.78, 5) is 48.4. The molecule has 0 saturated heterocycles. The Morgan fingerprint density at radius 1 is 0.651 bits per heavy atom. The average Bonchev–Trinajstić information content (AvgIpc) is 3.59. The minimum Gasteiger partial charge on any atom is -0.493 e. The van der Waals surface area contributed by atoms with Crippen LogP contribution in [0.4, 0.5) is 0 Å². The molecule has 228 valence electrons. The Bertz CT molecular complexity index is 1550. The van der Waals surface area contributed by atoms with Crippen LogP contribution in [0.15, 0.2) is 36.4 Å². The maximum atomic E-state index is 12.6. The smallest absolute Gasteiger partial charge is 0.306 e. The van der Waals surface area contributed by atoms with Crippen LogP contribution in [-0.2, 0) is 9.59 Å². The topological polar surface area (TPSA) is 146 Å². The molecule has 2 N–H and O–H groups in total. The zero-order valence-electron chi connectivity index (χ0n) is 24.1. The van der Waals surface area contributed by atoms with Crippen LogP contribution in [0.1, 0.15) is 52.5 Å². The standard InChI is InChI=1S/C31H32O10S2/c1-16(30(34)35)8-20(32)28-12-18-10-22(38-3)24(14-26(18)42-28)40-6-5-7-41-25-15-27-19(11-23(25)39-4)13-29(43-27)21(33)9-17(2)31(36)37/h10-17H,5-9H2,1-4H3,(H,34,35)(H,36,37)/t16-,17-/m0/s1. The predicted octanol–water partition coefficient (Wildman–Crippen LogP) is 6.57. The summed E-state index contributed by atoms with van der Waals surface area (Å²) in [7, 11) is 3.06. The van der Waals surface area contributed by atoms with Crippen molar-refractivity contribution in [1.29, 1.82) is 0 Å². The first-order chi connectivity index (χ1) is 20.5. The third-order valence-electron chi connectivity index (χ3n) is 6.78. The predicted molar refractivity (Wildman–Crippen MR) is 164 cm³/mol. The van der Waals surface area contributed by atoms with E-state index in [2.05, 4.69) is 0 Å². The number of rotatable bonds is 16. The first-order valence-electron chi connectivity index (χ1n) is 13.5. The summed E-state index contributed by atoms with van der Waals surface area (Å²) in [6, 6.07) is 10.7. The van der Waals surface area contributed by atoms with Gasteiger partial charge in [-0.2, -0.15) is 0 Å². The second kappa shape index (κ2) is 13.9. The van der Waals surface area contributed by atoms with Crippen LogP contribution in [0.2, 0.25) is 0 Å². The molecule has 0 amide bonds. The van der Waals surface area contributed by atoms with Gasteiger partial charge in [-0.05, 0) is 35.0 Å². The number of benzene rings is 2. The first kappa shape index (κ1) is 31.8. The van der Waals surface area contributed by atoms with Gasteiger partial charge in [-0.25, -0.2) is 0 Å². The molecule has 2 atom stereocenters. The minimum atomic E-state index is -1.01. The number of carbonyl (C=O) groups excluding carboxylic acids is 2. The minimum absolute atomic E-state index is 0.0712. The molecule has 4 aromatic rings. The number of carboxylic acids is 2. The summed E-state index contributed by atoms with van der Waals surface area (Å²) < 4.78 is 24.6. The van der Waals surface area contributed by atoms with E-state index >= 15 is 0 Å². The van der Waals surface area contributed by atoms with Gasteiger partial charge >= 0.3 is 11.9 Å². The summed E-state index contributed by atoms with van der Waals surface area (Å²) in [6.45, 7) is 3.65. The van der Waals surface area contributed by atoms with Crippen molar-refractivity contribution in [2.24, 2.45) is 11.8 Å². The van der Waals surface area contributed by atoms with Gasteiger partial charge in [-0.1, -0.05) is 13.8 Å². The Hall–Kier alpha value is -4.16. The number of fused-ring (bicyclic) bond motifs is 2. The van der Waals surface area contributed by atoms with Gasteiger partial charge in [0, 0.05) is 40.8 Å². The van der Waals surface area contributed by atoms with E-state index in [4.69, 9.17) is 29.2 Å². The summed E-state index contributed by atoms with van der Waals surface area (Å²) in [5, 5.41) is 19.8.